The maximum atomic E-state index is 6.08. The number of rotatable bonds is 5. The Morgan fingerprint density at radius 2 is 2.00 bits per heavy atom. The Bertz CT molecular complexity index is 916. The number of hydrogen-bond acceptors (Lipinski definition) is 3. The Hall–Kier alpha value is -2.42. The van der Waals surface area contributed by atoms with Crippen LogP contribution in [0.15, 0.2) is 60.0 Å². The molecular weight excluding hydrogens is 451 g/mol. The minimum atomic E-state index is 0. The largest absolute Gasteiger partial charge is 0.370 e. The second kappa shape index (κ2) is 9.50. The highest BCUT2D eigenvalue weighted by Gasteiger charge is 2.08. The molecule has 0 bridgehead atoms. The van der Waals surface area contributed by atoms with Crippen LogP contribution in [-0.2, 0) is 6.54 Å². The van der Waals surface area contributed by atoms with Gasteiger partial charge in [0.15, 0.2) is 5.96 Å². The molecule has 0 aliphatic rings. The maximum absolute atomic E-state index is 6.08. The van der Waals surface area contributed by atoms with Crippen LogP contribution >= 0.6 is 24.0 Å². The van der Waals surface area contributed by atoms with Crippen LogP contribution in [0.4, 0.5) is 5.69 Å². The van der Waals surface area contributed by atoms with Crippen molar-refractivity contribution in [3.8, 4) is 5.82 Å². The predicted octanol–water partition coefficient (Wildman–Crippen LogP) is 4.24. The van der Waals surface area contributed by atoms with Gasteiger partial charge in [-0.25, -0.2) is 15.0 Å². The van der Waals surface area contributed by atoms with E-state index in [9.17, 15) is 0 Å². The second-order valence-electron chi connectivity index (χ2n) is 6.44. The molecule has 0 saturated carbocycles. The molecule has 2 aromatic heterocycles. The number of pyridine rings is 1. The first-order valence-electron chi connectivity index (χ1n) is 8.65. The molecule has 0 radical (unpaired) electrons. The Morgan fingerprint density at radius 3 is 2.70 bits per heavy atom. The fourth-order valence-corrected chi connectivity index (χ4v) is 2.71. The van der Waals surface area contributed by atoms with Crippen molar-refractivity contribution in [3.05, 3.63) is 71.9 Å². The molecule has 0 spiro atoms. The lowest BCUT2D eigenvalue weighted by Crippen LogP contribution is -2.22. The molecule has 3 rings (SSSR count). The Labute approximate surface area is 177 Å². The van der Waals surface area contributed by atoms with Crippen LogP contribution in [-0.4, -0.2) is 20.5 Å². The average molecular weight is 476 g/mol. The third-order valence-corrected chi connectivity index (χ3v) is 4.17. The van der Waals surface area contributed by atoms with Crippen LogP contribution < -0.4 is 11.1 Å². The zero-order valence-corrected chi connectivity index (χ0v) is 18.1. The zero-order chi connectivity index (χ0) is 18.5. The number of hydrogen-bond donors (Lipinski definition) is 2. The quantitative estimate of drug-likeness (QED) is 0.328. The summed E-state index contributed by atoms with van der Waals surface area (Å²) in [5, 5.41) is 3.16. The summed E-state index contributed by atoms with van der Waals surface area (Å²) >= 11 is 0. The molecule has 1 aromatic carbocycles. The summed E-state index contributed by atoms with van der Waals surface area (Å²) in [6.45, 7) is 6.71. The standard InChI is InChI=1S/C20H24N6.HI/c1-14(2)16-6-4-8-18(12-16)25-20(21)24-13-17-7-5-9-23-19(17)26-11-10-22-15(26)3;/h4-12,14H,13H2,1-3H3,(H3,21,24,25);1H. The van der Waals surface area contributed by atoms with Crippen molar-refractivity contribution < 1.29 is 0 Å². The number of nitrogens with two attached hydrogens (primary N) is 1. The fraction of sp³-hybridized carbons (Fsp3) is 0.250. The number of aliphatic imine (C=N–C) groups is 1. The molecular formula is C20H25IN6. The van der Waals surface area contributed by atoms with Gasteiger partial charge in [-0.3, -0.25) is 4.57 Å². The third-order valence-electron chi connectivity index (χ3n) is 4.17. The van der Waals surface area contributed by atoms with E-state index in [2.05, 4.69) is 46.3 Å². The third kappa shape index (κ3) is 5.29. The Kier molecular flexibility index (Phi) is 7.35. The molecule has 0 unspecified atom stereocenters. The van der Waals surface area contributed by atoms with E-state index in [-0.39, 0.29) is 24.0 Å². The van der Waals surface area contributed by atoms with Gasteiger partial charge in [0.1, 0.15) is 11.6 Å². The van der Waals surface area contributed by atoms with E-state index in [4.69, 9.17) is 5.73 Å². The highest BCUT2D eigenvalue weighted by atomic mass is 127. The molecule has 0 amide bonds. The lowest BCUT2D eigenvalue weighted by atomic mass is 10.0. The number of benzene rings is 1. The van der Waals surface area contributed by atoms with Gasteiger partial charge in [0, 0.05) is 29.8 Å². The number of aryl methyl sites for hydroxylation is 1. The molecule has 2 heterocycles. The molecule has 0 atom stereocenters. The SMILES string of the molecule is Cc1nccn1-c1ncccc1CN=C(N)Nc1cccc(C(C)C)c1.I. The van der Waals surface area contributed by atoms with Crippen LogP contribution in [0.1, 0.15) is 36.7 Å². The Morgan fingerprint density at radius 1 is 1.19 bits per heavy atom. The molecule has 3 aromatic rings. The van der Waals surface area contributed by atoms with Crippen molar-refractivity contribution >= 4 is 35.6 Å². The van der Waals surface area contributed by atoms with E-state index < -0.39 is 0 Å². The lowest BCUT2D eigenvalue weighted by Gasteiger charge is -2.11. The number of halogens is 1. The molecule has 7 heteroatoms. The van der Waals surface area contributed by atoms with Crippen LogP contribution in [0.2, 0.25) is 0 Å². The molecule has 0 fully saturated rings. The summed E-state index contributed by atoms with van der Waals surface area (Å²) in [5.41, 5.74) is 9.26. The van der Waals surface area contributed by atoms with E-state index in [1.165, 1.54) is 5.56 Å². The van der Waals surface area contributed by atoms with Gasteiger partial charge in [-0.1, -0.05) is 32.0 Å². The fourth-order valence-electron chi connectivity index (χ4n) is 2.71. The van der Waals surface area contributed by atoms with Crippen molar-refractivity contribution in [1.82, 2.24) is 14.5 Å². The van der Waals surface area contributed by atoms with Crippen molar-refractivity contribution in [1.29, 1.82) is 0 Å². The van der Waals surface area contributed by atoms with Gasteiger partial charge in [0.2, 0.25) is 0 Å². The molecule has 142 valence electrons. The summed E-state index contributed by atoms with van der Waals surface area (Å²) < 4.78 is 1.95. The van der Waals surface area contributed by atoms with Crippen molar-refractivity contribution in [3.63, 3.8) is 0 Å². The summed E-state index contributed by atoms with van der Waals surface area (Å²) in [7, 11) is 0. The van der Waals surface area contributed by atoms with Gasteiger partial charge in [0.05, 0.1) is 6.54 Å². The average Bonchev–Trinajstić information content (AvgIpc) is 3.06. The summed E-state index contributed by atoms with van der Waals surface area (Å²) in [6.07, 6.45) is 5.42. The topological polar surface area (TPSA) is 81.1 Å². The van der Waals surface area contributed by atoms with Crippen molar-refractivity contribution in [2.45, 2.75) is 33.2 Å². The number of nitrogens with zero attached hydrogens (tertiary/aromatic N) is 4. The molecule has 27 heavy (non-hydrogen) atoms. The molecule has 0 aliphatic carbocycles. The van der Waals surface area contributed by atoms with Crippen molar-refractivity contribution in [2.75, 3.05) is 5.32 Å². The zero-order valence-electron chi connectivity index (χ0n) is 15.8. The minimum Gasteiger partial charge on any atom is -0.370 e. The first-order valence-corrected chi connectivity index (χ1v) is 8.65. The summed E-state index contributed by atoms with van der Waals surface area (Å²) in [5.74, 6) is 2.54. The van der Waals surface area contributed by atoms with Crippen LogP contribution in [0.25, 0.3) is 5.82 Å². The van der Waals surface area contributed by atoms with Gasteiger partial charge < -0.3 is 11.1 Å². The second-order valence-corrected chi connectivity index (χ2v) is 6.44. The number of aromatic nitrogens is 3. The molecule has 0 saturated heterocycles. The van der Waals surface area contributed by atoms with E-state index in [1.807, 2.05) is 42.0 Å². The van der Waals surface area contributed by atoms with Crippen LogP contribution in [0.5, 0.6) is 0 Å². The minimum absolute atomic E-state index is 0. The smallest absolute Gasteiger partial charge is 0.193 e. The van der Waals surface area contributed by atoms with Gasteiger partial charge >= 0.3 is 0 Å². The lowest BCUT2D eigenvalue weighted by molar-refractivity contribution is 0.867. The number of imidazole rings is 1. The van der Waals surface area contributed by atoms with Gasteiger partial charge in [-0.15, -0.1) is 24.0 Å². The van der Waals surface area contributed by atoms with Crippen LogP contribution in [0.3, 0.4) is 0 Å². The first kappa shape index (κ1) is 20.9. The summed E-state index contributed by atoms with van der Waals surface area (Å²) in [4.78, 5) is 13.2. The normalized spacial score (nSPS) is 11.3. The van der Waals surface area contributed by atoms with Crippen molar-refractivity contribution in [2.24, 2.45) is 10.7 Å². The maximum Gasteiger partial charge on any atom is 0.193 e. The van der Waals surface area contributed by atoms with E-state index in [0.717, 1.165) is 22.9 Å². The molecule has 3 N–H and O–H groups in total. The molecule has 0 aliphatic heterocycles. The van der Waals surface area contributed by atoms with E-state index >= 15 is 0 Å². The highest BCUT2D eigenvalue weighted by Crippen LogP contribution is 2.18. The van der Waals surface area contributed by atoms with Crippen LogP contribution in [0, 0.1) is 6.92 Å². The monoisotopic (exact) mass is 476 g/mol. The van der Waals surface area contributed by atoms with E-state index in [0.29, 0.717) is 18.4 Å². The number of nitrogens with one attached hydrogen (secondary N) is 1. The van der Waals surface area contributed by atoms with E-state index in [1.54, 1.807) is 12.4 Å². The predicted molar refractivity (Wildman–Crippen MR) is 121 cm³/mol. The molecule has 6 nitrogen and oxygen atoms in total. The highest BCUT2D eigenvalue weighted by molar-refractivity contribution is 14.0. The number of anilines is 1. The van der Waals surface area contributed by atoms with Gasteiger partial charge in [-0.05, 0) is 36.6 Å². The Balaban J connectivity index is 0.00000261. The van der Waals surface area contributed by atoms with Gasteiger partial charge in [-0.2, -0.15) is 0 Å². The van der Waals surface area contributed by atoms with Gasteiger partial charge in [0.25, 0.3) is 0 Å². The summed E-state index contributed by atoms with van der Waals surface area (Å²) in [6, 6.07) is 12.1. The first-order chi connectivity index (χ1) is 12.5. The number of guanidine groups is 1.